The number of hydrogen-bond acceptors (Lipinski definition) is 3. The van der Waals surface area contributed by atoms with Gasteiger partial charge in [0.1, 0.15) is 5.75 Å². The first-order valence-electron chi connectivity index (χ1n) is 4.39. The van der Waals surface area contributed by atoms with Gasteiger partial charge in [0.25, 0.3) is 0 Å². The highest BCUT2D eigenvalue weighted by molar-refractivity contribution is 5.26. The number of rotatable bonds is 5. The zero-order valence-electron chi connectivity index (χ0n) is 7.57. The third-order valence-corrected chi connectivity index (χ3v) is 1.73. The molecule has 0 heterocycles. The average Bonchev–Trinajstić information content (AvgIpc) is 2.19. The topological polar surface area (TPSA) is 55.5 Å². The lowest BCUT2D eigenvalue weighted by Gasteiger charge is -2.05. The Hall–Kier alpha value is -1.06. The van der Waals surface area contributed by atoms with Crippen molar-refractivity contribution in [2.45, 2.75) is 13.0 Å². The Morgan fingerprint density at radius 2 is 1.92 bits per heavy atom. The van der Waals surface area contributed by atoms with Crippen LogP contribution in [0.4, 0.5) is 0 Å². The van der Waals surface area contributed by atoms with Crippen molar-refractivity contribution in [1.29, 1.82) is 0 Å². The van der Waals surface area contributed by atoms with Gasteiger partial charge >= 0.3 is 0 Å². The van der Waals surface area contributed by atoms with E-state index in [9.17, 15) is 0 Å². The highest BCUT2D eigenvalue weighted by atomic mass is 16.5. The van der Waals surface area contributed by atoms with Crippen LogP contribution in [0.25, 0.3) is 0 Å². The summed E-state index contributed by atoms with van der Waals surface area (Å²) in [5.74, 6) is 0.825. The summed E-state index contributed by atoms with van der Waals surface area (Å²) in [4.78, 5) is 0. The molecule has 0 aromatic heterocycles. The lowest BCUT2D eigenvalue weighted by atomic mass is 10.2. The molecule has 0 atom stereocenters. The number of ether oxygens (including phenoxy) is 1. The van der Waals surface area contributed by atoms with Gasteiger partial charge in [0.2, 0.25) is 0 Å². The van der Waals surface area contributed by atoms with E-state index in [1.165, 1.54) is 0 Å². The quantitative estimate of drug-likeness (QED) is 0.664. The summed E-state index contributed by atoms with van der Waals surface area (Å²) in [6.45, 7) is 1.27. The molecule has 1 aromatic carbocycles. The Labute approximate surface area is 78.1 Å². The molecule has 1 rings (SSSR count). The molecule has 0 saturated heterocycles. The van der Waals surface area contributed by atoms with Crippen LogP contribution in [-0.2, 0) is 6.54 Å². The van der Waals surface area contributed by atoms with Crippen LogP contribution in [0, 0.1) is 0 Å². The van der Waals surface area contributed by atoms with Crippen LogP contribution in [0.5, 0.6) is 5.75 Å². The van der Waals surface area contributed by atoms with E-state index in [0.717, 1.165) is 11.3 Å². The van der Waals surface area contributed by atoms with E-state index in [1.54, 1.807) is 0 Å². The van der Waals surface area contributed by atoms with E-state index < -0.39 is 0 Å². The van der Waals surface area contributed by atoms with Gasteiger partial charge < -0.3 is 15.6 Å². The molecular formula is C10H15NO2. The first kappa shape index (κ1) is 10.0. The van der Waals surface area contributed by atoms with Crippen LogP contribution >= 0.6 is 0 Å². The molecule has 0 bridgehead atoms. The van der Waals surface area contributed by atoms with Crippen molar-refractivity contribution in [3.8, 4) is 5.75 Å². The van der Waals surface area contributed by atoms with E-state index >= 15 is 0 Å². The minimum absolute atomic E-state index is 0.168. The molecule has 3 heteroatoms. The second-order valence-electron chi connectivity index (χ2n) is 2.77. The Morgan fingerprint density at radius 3 is 2.46 bits per heavy atom. The number of hydrogen-bond donors (Lipinski definition) is 2. The van der Waals surface area contributed by atoms with Gasteiger partial charge in [0.05, 0.1) is 6.61 Å². The molecule has 0 amide bonds. The summed E-state index contributed by atoms with van der Waals surface area (Å²) >= 11 is 0. The summed E-state index contributed by atoms with van der Waals surface area (Å²) in [6, 6.07) is 7.65. The predicted octanol–water partition coefficient (Wildman–Crippen LogP) is 0.906. The highest BCUT2D eigenvalue weighted by Crippen LogP contribution is 2.11. The van der Waals surface area contributed by atoms with Crippen molar-refractivity contribution in [3.05, 3.63) is 29.8 Å². The zero-order valence-corrected chi connectivity index (χ0v) is 7.57. The summed E-state index contributed by atoms with van der Waals surface area (Å²) in [5, 5.41) is 8.53. The number of nitrogens with two attached hydrogens (primary N) is 1. The normalized spacial score (nSPS) is 10.0. The predicted molar refractivity (Wildman–Crippen MR) is 51.5 cm³/mol. The summed E-state index contributed by atoms with van der Waals surface area (Å²) in [6.07, 6.45) is 0.665. The smallest absolute Gasteiger partial charge is 0.119 e. The second kappa shape index (κ2) is 5.56. The maximum atomic E-state index is 8.53. The minimum atomic E-state index is 0.168. The third-order valence-electron chi connectivity index (χ3n) is 1.73. The van der Waals surface area contributed by atoms with Crippen LogP contribution < -0.4 is 10.5 Å². The molecule has 0 unspecified atom stereocenters. The van der Waals surface area contributed by atoms with Crippen molar-refractivity contribution in [3.63, 3.8) is 0 Å². The Kier molecular flexibility index (Phi) is 4.29. The molecule has 0 fully saturated rings. The van der Waals surface area contributed by atoms with Gasteiger partial charge in [-0.2, -0.15) is 0 Å². The van der Waals surface area contributed by atoms with Crippen molar-refractivity contribution in [2.75, 3.05) is 13.2 Å². The van der Waals surface area contributed by atoms with Gasteiger partial charge in [-0.3, -0.25) is 0 Å². The van der Waals surface area contributed by atoms with Gasteiger partial charge in [-0.05, 0) is 17.7 Å². The first-order chi connectivity index (χ1) is 6.36. The molecule has 0 aliphatic heterocycles. The molecular weight excluding hydrogens is 166 g/mol. The Balaban J connectivity index is 2.40. The largest absolute Gasteiger partial charge is 0.494 e. The van der Waals surface area contributed by atoms with Crippen molar-refractivity contribution >= 4 is 0 Å². The van der Waals surface area contributed by atoms with Crippen LogP contribution in [-0.4, -0.2) is 18.3 Å². The van der Waals surface area contributed by atoms with Gasteiger partial charge in [0.15, 0.2) is 0 Å². The zero-order chi connectivity index (χ0) is 9.52. The molecule has 3 nitrogen and oxygen atoms in total. The molecule has 0 radical (unpaired) electrons. The molecule has 13 heavy (non-hydrogen) atoms. The maximum Gasteiger partial charge on any atom is 0.119 e. The van der Waals surface area contributed by atoms with Crippen molar-refractivity contribution < 1.29 is 9.84 Å². The van der Waals surface area contributed by atoms with Crippen LogP contribution in [0.15, 0.2) is 24.3 Å². The fourth-order valence-electron chi connectivity index (χ4n) is 0.976. The molecule has 0 aliphatic carbocycles. The summed E-state index contributed by atoms with van der Waals surface area (Å²) < 4.78 is 5.35. The van der Waals surface area contributed by atoms with E-state index in [0.29, 0.717) is 19.6 Å². The van der Waals surface area contributed by atoms with E-state index in [-0.39, 0.29) is 6.61 Å². The second-order valence-corrected chi connectivity index (χ2v) is 2.77. The van der Waals surface area contributed by atoms with Crippen molar-refractivity contribution in [2.24, 2.45) is 5.73 Å². The molecule has 72 valence electrons. The number of aliphatic hydroxyl groups is 1. The minimum Gasteiger partial charge on any atom is -0.494 e. The Bertz CT molecular complexity index is 233. The Morgan fingerprint density at radius 1 is 1.23 bits per heavy atom. The van der Waals surface area contributed by atoms with Gasteiger partial charge in [-0.15, -0.1) is 0 Å². The third kappa shape index (κ3) is 3.44. The fourth-order valence-corrected chi connectivity index (χ4v) is 0.976. The van der Waals surface area contributed by atoms with Crippen LogP contribution in [0.1, 0.15) is 12.0 Å². The first-order valence-corrected chi connectivity index (χ1v) is 4.39. The van der Waals surface area contributed by atoms with Gasteiger partial charge in [0, 0.05) is 19.6 Å². The molecule has 1 aromatic rings. The van der Waals surface area contributed by atoms with E-state index in [1.807, 2.05) is 24.3 Å². The molecule has 0 spiro atoms. The number of benzene rings is 1. The average molecular weight is 181 g/mol. The summed E-state index contributed by atoms with van der Waals surface area (Å²) in [7, 11) is 0. The maximum absolute atomic E-state index is 8.53. The van der Waals surface area contributed by atoms with Gasteiger partial charge in [-0.1, -0.05) is 12.1 Å². The SMILES string of the molecule is NCc1ccc(OCCCO)cc1. The highest BCUT2D eigenvalue weighted by Gasteiger charge is 1.93. The van der Waals surface area contributed by atoms with E-state index in [4.69, 9.17) is 15.6 Å². The number of aliphatic hydroxyl groups excluding tert-OH is 1. The molecule has 3 N–H and O–H groups in total. The molecule has 0 saturated carbocycles. The summed E-state index contributed by atoms with van der Waals surface area (Å²) in [5.41, 5.74) is 6.54. The molecule has 0 aliphatic rings. The lowest BCUT2D eigenvalue weighted by molar-refractivity contribution is 0.233. The van der Waals surface area contributed by atoms with Gasteiger partial charge in [-0.25, -0.2) is 0 Å². The van der Waals surface area contributed by atoms with Crippen LogP contribution in [0.3, 0.4) is 0 Å². The van der Waals surface area contributed by atoms with E-state index in [2.05, 4.69) is 0 Å². The standard InChI is InChI=1S/C10H15NO2/c11-8-9-2-4-10(5-3-9)13-7-1-6-12/h2-5,12H,1,6-8,11H2. The van der Waals surface area contributed by atoms with Crippen molar-refractivity contribution in [1.82, 2.24) is 0 Å². The monoisotopic (exact) mass is 181 g/mol. The fraction of sp³-hybridized carbons (Fsp3) is 0.400. The lowest BCUT2D eigenvalue weighted by Crippen LogP contribution is -2.00. The van der Waals surface area contributed by atoms with Crippen LogP contribution in [0.2, 0.25) is 0 Å².